The molecule has 0 spiro atoms. The molecule has 0 aliphatic carbocycles. The van der Waals surface area contributed by atoms with E-state index in [2.05, 4.69) is 24.1 Å². The van der Waals surface area contributed by atoms with Gasteiger partial charge in [0.1, 0.15) is 0 Å². The molecule has 3 atom stereocenters. The van der Waals surface area contributed by atoms with E-state index < -0.39 is 0 Å². The first-order chi connectivity index (χ1) is 7.31. The zero-order valence-electron chi connectivity index (χ0n) is 10.0. The second-order valence-electron chi connectivity index (χ2n) is 4.92. The van der Waals surface area contributed by atoms with Crippen LogP contribution >= 0.6 is 0 Å². The van der Waals surface area contributed by atoms with E-state index in [-0.39, 0.29) is 0 Å². The topological polar surface area (TPSA) is 24.5 Å². The molecular weight excluding hydrogens is 188 g/mol. The van der Waals surface area contributed by atoms with Gasteiger partial charge in [-0.05, 0) is 25.8 Å². The fraction of sp³-hybridized carbons (Fsp3) is 1.00. The van der Waals surface area contributed by atoms with Crippen LogP contribution in [-0.4, -0.2) is 49.8 Å². The molecule has 2 heterocycles. The molecule has 0 saturated carbocycles. The van der Waals surface area contributed by atoms with Gasteiger partial charge in [-0.3, -0.25) is 4.90 Å². The van der Waals surface area contributed by atoms with Crippen LogP contribution in [0.25, 0.3) is 0 Å². The molecule has 2 saturated heterocycles. The molecule has 1 N–H and O–H groups in total. The Bertz CT molecular complexity index is 198. The maximum absolute atomic E-state index is 5.70. The lowest BCUT2D eigenvalue weighted by Gasteiger charge is -2.31. The summed E-state index contributed by atoms with van der Waals surface area (Å²) < 4.78 is 5.70. The number of nitrogens with zero attached hydrogens (tertiary/aromatic N) is 1. The molecule has 2 rings (SSSR count). The van der Waals surface area contributed by atoms with Crippen molar-refractivity contribution in [3.63, 3.8) is 0 Å². The summed E-state index contributed by atoms with van der Waals surface area (Å²) in [4.78, 5) is 2.64. The Morgan fingerprint density at radius 1 is 1.40 bits per heavy atom. The molecule has 3 unspecified atom stereocenters. The Kier molecular flexibility index (Phi) is 4.00. The van der Waals surface area contributed by atoms with Gasteiger partial charge in [-0.25, -0.2) is 0 Å². The van der Waals surface area contributed by atoms with Crippen LogP contribution in [0.15, 0.2) is 0 Å². The maximum Gasteiger partial charge on any atom is 0.0674 e. The van der Waals surface area contributed by atoms with Gasteiger partial charge in [0, 0.05) is 32.3 Å². The van der Waals surface area contributed by atoms with Gasteiger partial charge in [0.2, 0.25) is 0 Å². The lowest BCUT2D eigenvalue weighted by atomic mass is 9.99. The predicted molar refractivity (Wildman–Crippen MR) is 62.0 cm³/mol. The molecule has 0 aromatic rings. The Morgan fingerprint density at radius 3 is 3.07 bits per heavy atom. The van der Waals surface area contributed by atoms with Gasteiger partial charge in [-0.1, -0.05) is 13.3 Å². The Morgan fingerprint density at radius 2 is 2.27 bits per heavy atom. The highest BCUT2D eigenvalue weighted by Crippen LogP contribution is 2.21. The van der Waals surface area contributed by atoms with Crippen molar-refractivity contribution in [1.82, 2.24) is 10.2 Å². The first kappa shape index (κ1) is 11.4. The van der Waals surface area contributed by atoms with E-state index in [1.165, 1.54) is 32.5 Å². The van der Waals surface area contributed by atoms with E-state index in [0.717, 1.165) is 25.1 Å². The second kappa shape index (κ2) is 5.28. The van der Waals surface area contributed by atoms with Crippen LogP contribution in [0.4, 0.5) is 0 Å². The summed E-state index contributed by atoms with van der Waals surface area (Å²) in [5, 5.41) is 3.52. The normalized spacial score (nSPS) is 39.2. The van der Waals surface area contributed by atoms with Gasteiger partial charge in [0.15, 0.2) is 0 Å². The molecule has 0 amide bonds. The van der Waals surface area contributed by atoms with Crippen LogP contribution in [0.1, 0.15) is 26.7 Å². The molecule has 2 fully saturated rings. The number of hydrogen-bond donors (Lipinski definition) is 1. The Balaban J connectivity index is 1.95. The molecular formula is C12H24N2O. The largest absolute Gasteiger partial charge is 0.377 e. The first-order valence-corrected chi connectivity index (χ1v) is 6.37. The van der Waals surface area contributed by atoms with Crippen molar-refractivity contribution in [2.45, 2.75) is 38.8 Å². The monoisotopic (exact) mass is 212 g/mol. The number of hydrogen-bond acceptors (Lipinski definition) is 3. The smallest absolute Gasteiger partial charge is 0.0674 e. The first-order valence-electron chi connectivity index (χ1n) is 6.37. The average molecular weight is 212 g/mol. The summed E-state index contributed by atoms with van der Waals surface area (Å²) in [7, 11) is 0. The lowest BCUT2D eigenvalue weighted by Crippen LogP contribution is -2.43. The number of nitrogens with one attached hydrogen (secondary N) is 1. The lowest BCUT2D eigenvalue weighted by molar-refractivity contribution is 0.0579. The fourth-order valence-electron chi connectivity index (χ4n) is 2.89. The molecule has 3 heteroatoms. The van der Waals surface area contributed by atoms with E-state index in [1.807, 2.05) is 0 Å². The van der Waals surface area contributed by atoms with Crippen molar-refractivity contribution in [2.24, 2.45) is 5.92 Å². The second-order valence-corrected chi connectivity index (χ2v) is 4.92. The zero-order valence-corrected chi connectivity index (χ0v) is 10.0. The third-order valence-electron chi connectivity index (χ3n) is 3.78. The molecule has 0 radical (unpaired) electrons. The molecule has 0 bridgehead atoms. The van der Waals surface area contributed by atoms with Gasteiger partial charge in [-0.15, -0.1) is 0 Å². The van der Waals surface area contributed by atoms with E-state index in [9.17, 15) is 0 Å². The minimum atomic E-state index is 0.408. The summed E-state index contributed by atoms with van der Waals surface area (Å²) in [6, 6.07) is 0.749. The van der Waals surface area contributed by atoms with Crippen LogP contribution in [0.5, 0.6) is 0 Å². The van der Waals surface area contributed by atoms with Gasteiger partial charge >= 0.3 is 0 Å². The van der Waals surface area contributed by atoms with Gasteiger partial charge in [0.05, 0.1) is 6.10 Å². The highest BCUT2D eigenvalue weighted by atomic mass is 16.5. The van der Waals surface area contributed by atoms with Crippen molar-refractivity contribution < 1.29 is 4.74 Å². The van der Waals surface area contributed by atoms with Crippen LogP contribution in [0.3, 0.4) is 0 Å². The minimum Gasteiger partial charge on any atom is -0.377 e. The van der Waals surface area contributed by atoms with E-state index >= 15 is 0 Å². The molecule has 0 aromatic carbocycles. The van der Waals surface area contributed by atoms with Gasteiger partial charge < -0.3 is 10.1 Å². The summed E-state index contributed by atoms with van der Waals surface area (Å²) in [5.41, 5.74) is 0. The standard InChI is InChI=1S/C12H24N2O/c1-3-11-7-13-8-12(11)14-5-4-6-15-10(2)9-14/h10-13H,3-9H2,1-2H3. The highest BCUT2D eigenvalue weighted by molar-refractivity contribution is 4.89. The van der Waals surface area contributed by atoms with Crippen LogP contribution in [0.2, 0.25) is 0 Å². The van der Waals surface area contributed by atoms with Crippen molar-refractivity contribution in [1.29, 1.82) is 0 Å². The van der Waals surface area contributed by atoms with Crippen LogP contribution < -0.4 is 5.32 Å². The van der Waals surface area contributed by atoms with E-state index in [4.69, 9.17) is 4.74 Å². The molecule has 88 valence electrons. The SMILES string of the molecule is CCC1CNCC1N1CCCOC(C)C1. The maximum atomic E-state index is 5.70. The third kappa shape index (κ3) is 2.71. The summed E-state index contributed by atoms with van der Waals surface area (Å²) in [6.45, 7) is 10.1. The zero-order chi connectivity index (χ0) is 10.7. The summed E-state index contributed by atoms with van der Waals surface area (Å²) in [6.07, 6.45) is 2.89. The third-order valence-corrected chi connectivity index (χ3v) is 3.78. The van der Waals surface area contributed by atoms with Crippen LogP contribution in [0, 0.1) is 5.92 Å². The molecule has 2 aliphatic heterocycles. The van der Waals surface area contributed by atoms with Crippen molar-refractivity contribution in [3.05, 3.63) is 0 Å². The summed E-state index contributed by atoms with van der Waals surface area (Å²) >= 11 is 0. The van der Waals surface area contributed by atoms with Crippen molar-refractivity contribution in [2.75, 3.05) is 32.8 Å². The number of rotatable bonds is 2. The fourth-order valence-corrected chi connectivity index (χ4v) is 2.89. The Labute approximate surface area is 93.2 Å². The predicted octanol–water partition coefficient (Wildman–Crippen LogP) is 1.10. The average Bonchev–Trinajstić information content (AvgIpc) is 2.61. The Hall–Kier alpha value is -0.120. The van der Waals surface area contributed by atoms with Crippen molar-refractivity contribution in [3.8, 4) is 0 Å². The molecule has 3 nitrogen and oxygen atoms in total. The summed E-state index contributed by atoms with van der Waals surface area (Å²) in [5.74, 6) is 0.843. The number of ether oxygens (including phenoxy) is 1. The van der Waals surface area contributed by atoms with Gasteiger partial charge in [0.25, 0.3) is 0 Å². The van der Waals surface area contributed by atoms with Crippen LogP contribution in [-0.2, 0) is 4.74 Å². The molecule has 0 aromatic heterocycles. The van der Waals surface area contributed by atoms with E-state index in [0.29, 0.717) is 6.10 Å². The minimum absolute atomic E-state index is 0.408. The van der Waals surface area contributed by atoms with E-state index in [1.54, 1.807) is 0 Å². The van der Waals surface area contributed by atoms with Gasteiger partial charge in [-0.2, -0.15) is 0 Å². The molecule has 15 heavy (non-hydrogen) atoms. The highest BCUT2D eigenvalue weighted by Gasteiger charge is 2.31. The quantitative estimate of drug-likeness (QED) is 0.742. The molecule has 2 aliphatic rings. The van der Waals surface area contributed by atoms with Crippen molar-refractivity contribution >= 4 is 0 Å².